The molecule has 0 aliphatic heterocycles. The van der Waals surface area contributed by atoms with Gasteiger partial charge in [-0.2, -0.15) is 0 Å². The number of amides is 2. The molecular weight excluding hydrogens is 410 g/mol. The van der Waals surface area contributed by atoms with Crippen LogP contribution in [0.1, 0.15) is 51.3 Å². The minimum Gasteiger partial charge on any atom is -0.377 e. The Morgan fingerprint density at radius 2 is 1.71 bits per heavy atom. The minimum absolute atomic E-state index is 0.0742. The predicted octanol–water partition coefficient (Wildman–Crippen LogP) is 5.46. The highest BCUT2D eigenvalue weighted by molar-refractivity contribution is 6.19. The first-order valence-corrected chi connectivity index (χ1v) is 11.1. The maximum atomic E-state index is 13.4. The number of benzene rings is 2. The van der Waals surface area contributed by atoms with Crippen LogP contribution in [0.3, 0.4) is 0 Å². The Kier molecular flexibility index (Phi) is 8.52. The third-order valence-electron chi connectivity index (χ3n) is 5.16. The standard InChI is InChI=1S/C25H34ClN3O2/c1-18(19-10-8-7-9-11-19)29(24(31)25(2,3)4)17-20-16-21(27-23(30)14-15-26)12-13-22(20)28(5)6/h7-13,16,18H,14-15,17H2,1-6H3,(H,27,30). The van der Waals surface area contributed by atoms with Gasteiger partial charge in [0.2, 0.25) is 11.8 Å². The van der Waals surface area contributed by atoms with Gasteiger partial charge in [0, 0.05) is 49.7 Å². The summed E-state index contributed by atoms with van der Waals surface area (Å²) in [5, 5.41) is 2.90. The van der Waals surface area contributed by atoms with Crippen LogP contribution in [0.2, 0.25) is 0 Å². The maximum Gasteiger partial charge on any atom is 0.228 e. The first-order chi connectivity index (χ1) is 14.5. The Hall–Kier alpha value is -2.53. The average molecular weight is 444 g/mol. The Morgan fingerprint density at radius 3 is 2.26 bits per heavy atom. The molecule has 0 saturated carbocycles. The van der Waals surface area contributed by atoms with E-state index < -0.39 is 5.41 Å². The van der Waals surface area contributed by atoms with Gasteiger partial charge in [-0.25, -0.2) is 0 Å². The lowest BCUT2D eigenvalue weighted by Crippen LogP contribution is -2.40. The topological polar surface area (TPSA) is 52.7 Å². The molecule has 168 valence electrons. The highest BCUT2D eigenvalue weighted by Crippen LogP contribution is 2.32. The first-order valence-electron chi connectivity index (χ1n) is 10.6. The van der Waals surface area contributed by atoms with Crippen molar-refractivity contribution in [1.29, 1.82) is 0 Å². The predicted molar refractivity (Wildman–Crippen MR) is 130 cm³/mol. The van der Waals surface area contributed by atoms with Crippen molar-refractivity contribution in [2.45, 2.75) is 46.7 Å². The van der Waals surface area contributed by atoms with E-state index in [4.69, 9.17) is 11.6 Å². The normalized spacial score (nSPS) is 12.2. The average Bonchev–Trinajstić information content (AvgIpc) is 2.71. The van der Waals surface area contributed by atoms with Crippen LogP contribution in [0.25, 0.3) is 0 Å². The fourth-order valence-corrected chi connectivity index (χ4v) is 3.62. The van der Waals surface area contributed by atoms with Crippen LogP contribution in [0, 0.1) is 5.41 Å². The lowest BCUT2D eigenvalue weighted by atomic mass is 9.92. The summed E-state index contributed by atoms with van der Waals surface area (Å²) < 4.78 is 0. The summed E-state index contributed by atoms with van der Waals surface area (Å²) in [5.41, 5.74) is 3.23. The molecule has 5 nitrogen and oxygen atoms in total. The molecule has 1 unspecified atom stereocenters. The van der Waals surface area contributed by atoms with E-state index in [1.54, 1.807) is 0 Å². The fraction of sp³-hybridized carbons (Fsp3) is 0.440. The third kappa shape index (κ3) is 6.73. The van der Waals surface area contributed by atoms with Crippen LogP contribution in [0.5, 0.6) is 0 Å². The summed E-state index contributed by atoms with van der Waals surface area (Å²) in [7, 11) is 3.95. The molecule has 31 heavy (non-hydrogen) atoms. The Balaban J connectivity index is 2.46. The number of nitrogens with one attached hydrogen (secondary N) is 1. The number of rotatable bonds is 8. The van der Waals surface area contributed by atoms with Gasteiger partial charge in [-0.15, -0.1) is 11.6 Å². The zero-order valence-corrected chi connectivity index (χ0v) is 20.2. The van der Waals surface area contributed by atoms with E-state index in [1.807, 2.05) is 93.2 Å². The van der Waals surface area contributed by atoms with Crippen molar-refractivity contribution in [3.63, 3.8) is 0 Å². The van der Waals surface area contributed by atoms with E-state index in [0.717, 1.165) is 16.8 Å². The first kappa shape index (κ1) is 24.7. The Morgan fingerprint density at radius 1 is 1.06 bits per heavy atom. The molecule has 2 aromatic carbocycles. The summed E-state index contributed by atoms with van der Waals surface area (Å²) in [6.07, 6.45) is 0.256. The van der Waals surface area contributed by atoms with Gasteiger partial charge in [0.15, 0.2) is 0 Å². The smallest absolute Gasteiger partial charge is 0.228 e. The lowest BCUT2D eigenvalue weighted by Gasteiger charge is -2.35. The summed E-state index contributed by atoms with van der Waals surface area (Å²) in [4.78, 5) is 29.4. The SMILES string of the molecule is CC(c1ccccc1)N(Cc1cc(NC(=O)CCCl)ccc1N(C)C)C(=O)C(C)(C)C. The van der Waals surface area contributed by atoms with E-state index in [0.29, 0.717) is 12.2 Å². The Labute approximate surface area is 191 Å². The molecular formula is C25H34ClN3O2. The lowest BCUT2D eigenvalue weighted by molar-refractivity contribution is -0.142. The van der Waals surface area contributed by atoms with Crippen LogP contribution < -0.4 is 10.2 Å². The van der Waals surface area contributed by atoms with Gasteiger partial charge < -0.3 is 15.1 Å². The van der Waals surface area contributed by atoms with Crippen molar-refractivity contribution in [3.8, 4) is 0 Å². The van der Waals surface area contributed by atoms with Gasteiger partial charge in [0.25, 0.3) is 0 Å². The second-order valence-electron chi connectivity index (χ2n) is 8.99. The van der Waals surface area contributed by atoms with Gasteiger partial charge in [0.1, 0.15) is 0 Å². The largest absolute Gasteiger partial charge is 0.377 e. The molecule has 0 saturated heterocycles. The monoisotopic (exact) mass is 443 g/mol. The molecule has 2 aromatic rings. The summed E-state index contributed by atoms with van der Waals surface area (Å²) in [5.74, 6) is 0.223. The zero-order valence-electron chi connectivity index (χ0n) is 19.4. The highest BCUT2D eigenvalue weighted by atomic mass is 35.5. The summed E-state index contributed by atoms with van der Waals surface area (Å²) in [6.45, 7) is 8.31. The number of carbonyl (C=O) groups excluding carboxylic acids is 2. The Bertz CT molecular complexity index is 891. The van der Waals surface area contributed by atoms with Crippen molar-refractivity contribution in [3.05, 3.63) is 59.7 Å². The second-order valence-corrected chi connectivity index (χ2v) is 9.37. The summed E-state index contributed by atoms with van der Waals surface area (Å²) >= 11 is 5.69. The van der Waals surface area contributed by atoms with Gasteiger partial charge in [0.05, 0.1) is 6.04 Å². The number of halogens is 1. The molecule has 1 atom stereocenters. The molecule has 6 heteroatoms. The van der Waals surface area contributed by atoms with E-state index in [2.05, 4.69) is 12.2 Å². The fourth-order valence-electron chi connectivity index (χ4n) is 3.45. The van der Waals surface area contributed by atoms with Crippen molar-refractivity contribution in [2.75, 3.05) is 30.2 Å². The van der Waals surface area contributed by atoms with Crippen molar-refractivity contribution >= 4 is 34.8 Å². The molecule has 1 N–H and O–H groups in total. The summed E-state index contributed by atoms with van der Waals surface area (Å²) in [6, 6.07) is 15.7. The molecule has 0 radical (unpaired) electrons. The van der Waals surface area contributed by atoms with Crippen molar-refractivity contribution in [1.82, 2.24) is 4.90 Å². The van der Waals surface area contributed by atoms with E-state index in [-0.39, 0.29) is 30.2 Å². The second kappa shape index (κ2) is 10.7. The minimum atomic E-state index is -0.520. The molecule has 0 aromatic heterocycles. The van der Waals surface area contributed by atoms with Crippen LogP contribution in [-0.4, -0.2) is 36.7 Å². The molecule has 0 bridgehead atoms. The molecule has 0 fully saturated rings. The molecule has 0 heterocycles. The zero-order chi connectivity index (χ0) is 23.2. The van der Waals surface area contributed by atoms with Gasteiger partial charge in [-0.1, -0.05) is 51.1 Å². The number of nitrogens with zero attached hydrogens (tertiary/aromatic N) is 2. The number of alkyl halides is 1. The number of anilines is 2. The van der Waals surface area contributed by atoms with Gasteiger partial charge >= 0.3 is 0 Å². The van der Waals surface area contributed by atoms with E-state index in [1.165, 1.54) is 0 Å². The molecule has 0 spiro atoms. The quantitative estimate of drug-likeness (QED) is 0.551. The highest BCUT2D eigenvalue weighted by Gasteiger charge is 2.31. The molecule has 2 rings (SSSR count). The third-order valence-corrected chi connectivity index (χ3v) is 5.35. The number of hydrogen-bond acceptors (Lipinski definition) is 3. The molecule has 0 aliphatic rings. The van der Waals surface area contributed by atoms with Crippen molar-refractivity contribution < 1.29 is 9.59 Å². The van der Waals surface area contributed by atoms with Gasteiger partial charge in [-0.05, 0) is 36.2 Å². The van der Waals surface area contributed by atoms with Crippen LogP contribution in [0.15, 0.2) is 48.5 Å². The number of hydrogen-bond donors (Lipinski definition) is 1. The van der Waals surface area contributed by atoms with Crippen LogP contribution in [0.4, 0.5) is 11.4 Å². The maximum absolute atomic E-state index is 13.4. The molecule has 0 aliphatic carbocycles. The van der Waals surface area contributed by atoms with Crippen LogP contribution >= 0.6 is 11.6 Å². The van der Waals surface area contributed by atoms with Gasteiger partial charge in [-0.3, -0.25) is 9.59 Å². The van der Waals surface area contributed by atoms with E-state index >= 15 is 0 Å². The van der Waals surface area contributed by atoms with E-state index in [9.17, 15) is 9.59 Å². The van der Waals surface area contributed by atoms with Crippen molar-refractivity contribution in [2.24, 2.45) is 5.41 Å². The van der Waals surface area contributed by atoms with Crippen LogP contribution in [-0.2, 0) is 16.1 Å². The molecule has 2 amide bonds. The number of carbonyl (C=O) groups is 2.